The summed E-state index contributed by atoms with van der Waals surface area (Å²) in [7, 11) is 0. The van der Waals surface area contributed by atoms with Gasteiger partial charge in [-0.15, -0.1) is 0 Å². The van der Waals surface area contributed by atoms with Gasteiger partial charge in [0.05, 0.1) is 13.2 Å². The Balaban J connectivity index is 1.45. The molecule has 1 saturated heterocycles. The number of benzene rings is 1. The Hall–Kier alpha value is -1.80. The summed E-state index contributed by atoms with van der Waals surface area (Å²) in [6.45, 7) is 1.41. The van der Waals surface area contributed by atoms with Crippen LogP contribution >= 0.6 is 0 Å². The Morgan fingerprint density at radius 1 is 0.909 bits per heavy atom. The highest BCUT2D eigenvalue weighted by Gasteiger charge is 2.48. The van der Waals surface area contributed by atoms with Gasteiger partial charge in [0.15, 0.2) is 5.79 Å². The van der Waals surface area contributed by atoms with Crippen molar-refractivity contribution in [2.45, 2.75) is 37.1 Å². The molecule has 4 heteroatoms. The molecule has 0 aromatic heterocycles. The third-order valence-electron chi connectivity index (χ3n) is 4.56. The molecular formula is C18H19NO3. The van der Waals surface area contributed by atoms with Crippen molar-refractivity contribution in [1.82, 2.24) is 5.48 Å². The molecule has 0 amide bonds. The predicted octanol–water partition coefficient (Wildman–Crippen LogP) is 2.51. The topological polar surface area (TPSA) is 39.7 Å². The van der Waals surface area contributed by atoms with Crippen molar-refractivity contribution in [3.05, 3.63) is 47.7 Å². The summed E-state index contributed by atoms with van der Waals surface area (Å²) in [5, 5.41) is 0. The molecule has 2 heterocycles. The highest BCUT2D eigenvalue weighted by atomic mass is 16.7. The highest BCUT2D eigenvalue weighted by molar-refractivity contribution is 5.41. The second-order valence-corrected chi connectivity index (χ2v) is 6.05. The fraction of sp³-hybridized carbons (Fsp3) is 0.444. The highest BCUT2D eigenvalue weighted by Crippen LogP contribution is 2.43. The molecule has 1 N–H and O–H groups in total. The summed E-state index contributed by atoms with van der Waals surface area (Å²) in [4.78, 5) is 5.83. The van der Waals surface area contributed by atoms with Crippen LogP contribution in [0.1, 0.15) is 31.2 Å². The van der Waals surface area contributed by atoms with Gasteiger partial charge in [0, 0.05) is 18.4 Å². The molecule has 1 aromatic carbocycles. The normalized spacial score (nSPS) is 24.6. The van der Waals surface area contributed by atoms with E-state index < -0.39 is 0 Å². The lowest BCUT2D eigenvalue weighted by molar-refractivity contribution is -0.205. The summed E-state index contributed by atoms with van der Waals surface area (Å²) < 4.78 is 11.5. The van der Waals surface area contributed by atoms with E-state index in [2.05, 4.69) is 23.4 Å². The van der Waals surface area contributed by atoms with E-state index in [0.717, 1.165) is 36.9 Å². The molecule has 1 saturated carbocycles. The average Bonchev–Trinajstić information content (AvgIpc) is 3.18. The quantitative estimate of drug-likeness (QED) is 0.747. The molecule has 3 aliphatic rings. The van der Waals surface area contributed by atoms with Crippen LogP contribution in [0, 0.1) is 11.8 Å². The lowest BCUT2D eigenvalue weighted by Gasteiger charge is -2.39. The Bertz CT molecular complexity index is 625. The van der Waals surface area contributed by atoms with E-state index in [1.807, 2.05) is 30.3 Å². The van der Waals surface area contributed by atoms with Crippen LogP contribution in [-0.4, -0.2) is 24.6 Å². The first-order valence-corrected chi connectivity index (χ1v) is 7.80. The monoisotopic (exact) mass is 297 g/mol. The summed E-state index contributed by atoms with van der Waals surface area (Å²) >= 11 is 0. The Morgan fingerprint density at radius 3 is 2.36 bits per heavy atom. The van der Waals surface area contributed by atoms with Crippen LogP contribution in [0.2, 0.25) is 0 Å². The third kappa shape index (κ3) is 2.64. The molecule has 2 spiro atoms. The van der Waals surface area contributed by atoms with Crippen LogP contribution in [0.5, 0.6) is 0 Å². The molecule has 1 aliphatic carbocycles. The number of hydrogen-bond donors (Lipinski definition) is 1. The van der Waals surface area contributed by atoms with Crippen molar-refractivity contribution in [1.29, 1.82) is 0 Å². The molecule has 0 radical (unpaired) electrons. The van der Waals surface area contributed by atoms with Crippen molar-refractivity contribution in [2.75, 3.05) is 13.2 Å². The fourth-order valence-electron chi connectivity index (χ4n) is 3.29. The van der Waals surface area contributed by atoms with Crippen LogP contribution in [0.4, 0.5) is 0 Å². The van der Waals surface area contributed by atoms with E-state index in [-0.39, 0.29) is 11.4 Å². The lowest BCUT2D eigenvalue weighted by atomic mass is 9.81. The van der Waals surface area contributed by atoms with E-state index in [4.69, 9.17) is 14.3 Å². The van der Waals surface area contributed by atoms with Gasteiger partial charge in [-0.25, -0.2) is 0 Å². The molecule has 4 rings (SSSR count). The van der Waals surface area contributed by atoms with Crippen molar-refractivity contribution in [2.24, 2.45) is 0 Å². The van der Waals surface area contributed by atoms with Crippen molar-refractivity contribution < 1.29 is 14.3 Å². The molecule has 2 fully saturated rings. The maximum Gasteiger partial charge on any atom is 0.168 e. The third-order valence-corrected chi connectivity index (χ3v) is 4.56. The van der Waals surface area contributed by atoms with Crippen molar-refractivity contribution in [3.63, 3.8) is 0 Å². The molecule has 22 heavy (non-hydrogen) atoms. The van der Waals surface area contributed by atoms with Gasteiger partial charge in [0.2, 0.25) is 0 Å². The second kappa shape index (κ2) is 5.44. The van der Waals surface area contributed by atoms with Crippen LogP contribution in [0.3, 0.4) is 0 Å². The van der Waals surface area contributed by atoms with Gasteiger partial charge in [0.25, 0.3) is 0 Å². The summed E-state index contributed by atoms with van der Waals surface area (Å²) in [6.07, 6.45) is 5.62. The average molecular weight is 297 g/mol. The number of rotatable bonds is 0. The van der Waals surface area contributed by atoms with E-state index >= 15 is 0 Å². The zero-order valence-electron chi connectivity index (χ0n) is 12.4. The van der Waals surface area contributed by atoms with Gasteiger partial charge in [0.1, 0.15) is 11.3 Å². The molecule has 114 valence electrons. The first kappa shape index (κ1) is 13.8. The second-order valence-electron chi connectivity index (χ2n) is 6.05. The largest absolute Gasteiger partial charge is 0.348 e. The molecule has 2 aliphatic heterocycles. The first-order chi connectivity index (χ1) is 10.8. The Labute approximate surface area is 130 Å². The van der Waals surface area contributed by atoms with Gasteiger partial charge in [-0.1, -0.05) is 24.1 Å². The Kier molecular flexibility index (Phi) is 3.42. The number of hydrogen-bond acceptors (Lipinski definition) is 4. The van der Waals surface area contributed by atoms with Gasteiger partial charge in [-0.05, 0) is 37.0 Å². The molecule has 0 unspecified atom stereocenters. The molecule has 1 aromatic rings. The molecule has 4 nitrogen and oxygen atoms in total. The lowest BCUT2D eigenvalue weighted by Crippen LogP contribution is -2.43. The fourth-order valence-corrected chi connectivity index (χ4v) is 3.29. The van der Waals surface area contributed by atoms with E-state index in [1.165, 1.54) is 0 Å². The van der Waals surface area contributed by atoms with Crippen molar-refractivity contribution in [3.8, 4) is 11.8 Å². The number of allylic oxidation sites excluding steroid dienone is 1. The van der Waals surface area contributed by atoms with Gasteiger partial charge in [-0.2, -0.15) is 0 Å². The van der Waals surface area contributed by atoms with E-state index in [0.29, 0.717) is 13.2 Å². The zero-order valence-corrected chi connectivity index (χ0v) is 12.4. The minimum atomic E-state index is -0.360. The van der Waals surface area contributed by atoms with E-state index in [9.17, 15) is 0 Å². The first-order valence-electron chi connectivity index (χ1n) is 7.80. The number of ether oxygens (including phenoxy) is 2. The smallest absolute Gasteiger partial charge is 0.168 e. The minimum Gasteiger partial charge on any atom is -0.348 e. The van der Waals surface area contributed by atoms with Crippen LogP contribution in [-0.2, 0) is 14.3 Å². The minimum absolute atomic E-state index is 0.263. The predicted molar refractivity (Wildman–Crippen MR) is 81.5 cm³/mol. The van der Waals surface area contributed by atoms with Gasteiger partial charge in [-0.3, -0.25) is 10.3 Å². The summed E-state index contributed by atoms with van der Waals surface area (Å²) in [5.41, 5.74) is 4.55. The van der Waals surface area contributed by atoms with Gasteiger partial charge >= 0.3 is 0 Å². The summed E-state index contributed by atoms with van der Waals surface area (Å²) in [5.74, 6) is 5.93. The van der Waals surface area contributed by atoms with Crippen LogP contribution in [0.15, 0.2) is 42.1 Å². The molecular weight excluding hydrogens is 278 g/mol. The SMILES string of the molecule is C(#Cc1ccccc1)C1=CC2(CCC3(CC2)OCCO3)ON1. The standard InChI is InChI=1S/C18H19NO3/c1-2-4-15(5-3-1)6-7-16-14-17(22-19-16)8-10-18(11-9-17)20-12-13-21-18/h1-5,14,19H,8-13H2. The number of nitrogens with one attached hydrogen (secondary N) is 1. The maximum absolute atomic E-state index is 5.83. The maximum atomic E-state index is 5.83. The van der Waals surface area contributed by atoms with Gasteiger partial charge < -0.3 is 9.47 Å². The zero-order chi connectivity index (χ0) is 14.9. The number of hydroxylamine groups is 1. The van der Waals surface area contributed by atoms with E-state index in [1.54, 1.807) is 0 Å². The van der Waals surface area contributed by atoms with Crippen LogP contribution < -0.4 is 5.48 Å². The summed E-state index contributed by atoms with van der Waals surface area (Å²) in [6, 6.07) is 9.96. The van der Waals surface area contributed by atoms with Crippen molar-refractivity contribution >= 4 is 0 Å². The molecule has 0 atom stereocenters. The van der Waals surface area contributed by atoms with Crippen LogP contribution in [0.25, 0.3) is 0 Å². The molecule has 0 bridgehead atoms. The Morgan fingerprint density at radius 2 is 1.64 bits per heavy atom.